The van der Waals surface area contributed by atoms with Crippen molar-refractivity contribution in [2.75, 3.05) is 52.4 Å². The minimum absolute atomic E-state index is 0. The topological polar surface area (TPSA) is 288 Å². The molecule has 508 valence electrons. The largest absolute Gasteiger partial charge is 0.481 e. The van der Waals surface area contributed by atoms with Crippen LogP contribution >= 0.6 is 70.4 Å². The summed E-state index contributed by atoms with van der Waals surface area (Å²) in [5.74, 6) is -0.173. The summed E-state index contributed by atoms with van der Waals surface area (Å²) in [6.45, 7) is 11.8. The van der Waals surface area contributed by atoms with Crippen molar-refractivity contribution in [3.05, 3.63) is 70.2 Å². The number of carbonyl (C=O) groups is 9. The van der Waals surface area contributed by atoms with Crippen LogP contribution in [0.3, 0.4) is 0 Å². The average Bonchev–Trinajstić information content (AvgIpc) is 1.56. The number of nitrogens with one attached hydrogen (secondary N) is 4. The van der Waals surface area contributed by atoms with Crippen molar-refractivity contribution in [1.29, 1.82) is 0 Å². The predicted molar refractivity (Wildman–Crippen MR) is 365 cm³/mol. The summed E-state index contributed by atoms with van der Waals surface area (Å²) in [6, 6.07) is 5.45. The highest BCUT2D eigenvalue weighted by Gasteiger charge is 2.65. The number of hydrogen-bond acceptors (Lipinski definition) is 13. The number of aryl methyl sites for hydroxylation is 3. The Labute approximate surface area is 579 Å². The van der Waals surface area contributed by atoms with Gasteiger partial charge in [0.15, 0.2) is 17.2 Å². The van der Waals surface area contributed by atoms with E-state index in [0.29, 0.717) is 136 Å². The Bertz CT molecular complexity index is 3940. The van der Waals surface area contributed by atoms with E-state index in [9.17, 15) is 43.2 Å². The monoisotopic (exact) mass is 1420 g/mol. The number of carboxylic acid groups (broad SMARTS) is 2. The number of alkyl halides is 3. The maximum absolute atomic E-state index is 14.8. The molecule has 0 spiro atoms. The summed E-state index contributed by atoms with van der Waals surface area (Å²) >= 11 is 30.2. The van der Waals surface area contributed by atoms with E-state index in [0.717, 1.165) is 98.8 Å². The first-order chi connectivity index (χ1) is 44.5. The highest BCUT2D eigenvalue weighted by molar-refractivity contribution is 6.66. The summed E-state index contributed by atoms with van der Waals surface area (Å²) in [7, 11) is 0. The van der Waals surface area contributed by atoms with Gasteiger partial charge in [0.2, 0.25) is 22.3 Å². The maximum Gasteiger partial charge on any atom is 0.309 e. The molecular weight excluding hydrogens is 1350 g/mol. The van der Waals surface area contributed by atoms with Crippen LogP contribution in [0.4, 0.5) is 17.1 Å². The number of esters is 3. The highest BCUT2D eigenvalue weighted by atomic mass is 35.5. The van der Waals surface area contributed by atoms with E-state index in [1.165, 1.54) is 26.3 Å². The average molecular weight is 1430 g/mol. The quantitative estimate of drug-likeness (QED) is 0.0287. The third kappa shape index (κ3) is 11.5. The predicted octanol–water partition coefficient (Wildman–Crippen LogP) is 14.3. The third-order valence-corrected chi connectivity index (χ3v) is 24.5. The molecule has 20 nitrogen and oxygen atoms in total. The van der Waals surface area contributed by atoms with Crippen LogP contribution in [0.2, 0.25) is 0 Å². The first-order valence-corrected chi connectivity index (χ1v) is 34.3. The molecule has 6 saturated carbocycles. The first kappa shape index (κ1) is 69.8. The summed E-state index contributed by atoms with van der Waals surface area (Å²) < 4.78 is 16.5. The smallest absolute Gasteiger partial charge is 0.309 e. The molecule has 9 aliphatic rings. The van der Waals surface area contributed by atoms with Crippen molar-refractivity contribution in [2.24, 2.45) is 32.5 Å². The van der Waals surface area contributed by atoms with Gasteiger partial charge in [0.25, 0.3) is 0 Å². The lowest BCUT2D eigenvalue weighted by Crippen LogP contribution is -2.42. The number of anilines is 3. The van der Waals surface area contributed by atoms with Crippen LogP contribution in [-0.4, -0.2) is 115 Å². The molecule has 6 fully saturated rings. The molecule has 3 aromatic heterocycles. The van der Waals surface area contributed by atoms with E-state index >= 15 is 0 Å². The number of H-pyrrole nitrogens is 3. The molecule has 26 heteroatoms. The molecule has 6 heterocycles. The number of amides is 2. The van der Waals surface area contributed by atoms with Gasteiger partial charge in [0, 0.05) is 145 Å². The van der Waals surface area contributed by atoms with Crippen molar-refractivity contribution in [1.82, 2.24) is 15.0 Å². The van der Waals surface area contributed by atoms with Gasteiger partial charge in [-0.3, -0.25) is 43.2 Å². The molecule has 6 aromatic rings. The third-order valence-electron chi connectivity index (χ3n) is 22.6. The molecule has 6 N–H and O–H groups in total. The summed E-state index contributed by atoms with van der Waals surface area (Å²) in [5.41, 5.74) is 7.37. The number of ether oxygens (including phenoxy) is 3. The fraction of sp³-hybridized carbons (Fsp3) is 0.522. The molecule has 3 atom stereocenters. The van der Waals surface area contributed by atoms with Crippen molar-refractivity contribution in [3.8, 4) is 17.2 Å². The number of benzene rings is 3. The van der Waals surface area contributed by atoms with Gasteiger partial charge in [-0.25, -0.2) is 0 Å². The second kappa shape index (κ2) is 25.7. The Morgan fingerprint density at radius 2 is 0.779 bits per heavy atom. The van der Waals surface area contributed by atoms with E-state index in [-0.39, 0.29) is 52.5 Å². The molecule has 6 aliphatic carbocycles. The molecule has 0 radical (unpaired) electrons. The van der Waals surface area contributed by atoms with E-state index in [1.54, 1.807) is 12.1 Å². The number of carbonyl (C=O) groups excluding carboxylic acids is 7. The van der Waals surface area contributed by atoms with Gasteiger partial charge in [-0.15, -0.1) is 47.2 Å². The maximum atomic E-state index is 14.8. The molecule has 0 saturated heterocycles. The number of fused-ring (bicyclic) bond motifs is 15. The van der Waals surface area contributed by atoms with Gasteiger partial charge in [-0.2, -0.15) is 0 Å². The summed E-state index contributed by atoms with van der Waals surface area (Å²) in [5, 5.41) is 23.7. The highest BCUT2D eigenvalue weighted by Crippen LogP contribution is 2.66. The molecular formula is C69H76Cl6N6O14. The van der Waals surface area contributed by atoms with Crippen LogP contribution in [0.5, 0.6) is 17.2 Å². The normalized spacial score (nSPS) is 28.1. The minimum atomic E-state index is -0.812. The fourth-order valence-corrected chi connectivity index (χ4v) is 19.0. The second-order valence-corrected chi connectivity index (χ2v) is 29.6. The number of halogens is 6. The van der Waals surface area contributed by atoms with E-state index in [1.807, 2.05) is 55.2 Å². The minimum Gasteiger partial charge on any atom is -0.481 e. The molecule has 6 bridgehead atoms. The number of nitrogens with zero attached hydrogens (tertiary/aromatic N) is 2. The SMILES string of the molecule is CC(=O)Oc1cc2c(c3c(C)c[nH]c13)[C@H](CCl)CN2.CC(=O)Oc1cc2c(c3c(C)c[nH]c13)[C@H](CCl)CN2C(=O)C12CCC(C(=O)N3C[C@@H](CCl)c4c3cc(OC(C)=O)c3[nH]cc(C)c43)(CC1)C2.Cl.O=C(Cl)C12CCC(C(=O)Cl)(CC1)C2.O=C(O)C12CCC(C(=O)O)(CC1)C2. The summed E-state index contributed by atoms with van der Waals surface area (Å²) in [4.78, 5) is 123. The zero-order chi connectivity index (χ0) is 67.5. The van der Waals surface area contributed by atoms with Gasteiger partial charge >= 0.3 is 29.8 Å². The fourth-order valence-electron chi connectivity index (χ4n) is 17.8. The van der Waals surface area contributed by atoms with Gasteiger partial charge in [0.05, 0.1) is 49.6 Å². The van der Waals surface area contributed by atoms with Gasteiger partial charge in [-0.1, -0.05) is 0 Å². The van der Waals surface area contributed by atoms with Crippen molar-refractivity contribution in [2.45, 2.75) is 156 Å². The van der Waals surface area contributed by atoms with Gasteiger partial charge in [0.1, 0.15) is 0 Å². The van der Waals surface area contributed by atoms with Crippen LogP contribution in [0.15, 0.2) is 36.8 Å². The first-order valence-electron chi connectivity index (χ1n) is 32.0. The van der Waals surface area contributed by atoms with Crippen molar-refractivity contribution >= 4 is 172 Å². The zero-order valence-electron chi connectivity index (χ0n) is 53.5. The van der Waals surface area contributed by atoms with Crippen LogP contribution < -0.4 is 29.3 Å². The number of carboxylic acids is 2. The van der Waals surface area contributed by atoms with Crippen LogP contribution in [0.25, 0.3) is 32.7 Å². The van der Waals surface area contributed by atoms with E-state index in [4.69, 9.17) is 82.4 Å². The number of aromatic nitrogens is 3. The number of rotatable bonds is 12. The second-order valence-electron chi connectivity index (χ2n) is 28.0. The lowest BCUT2D eigenvalue weighted by atomic mass is 9.80. The number of aliphatic carboxylic acids is 2. The van der Waals surface area contributed by atoms with E-state index in [2.05, 4.69) is 20.3 Å². The Kier molecular flexibility index (Phi) is 18.9. The molecule has 0 unspecified atom stereocenters. The number of aromatic amines is 3. The molecule has 95 heavy (non-hydrogen) atoms. The molecule has 2 amide bonds. The Morgan fingerprint density at radius 1 is 0.474 bits per heavy atom. The standard InChI is InChI=1S/C37H38Cl2N4O6.C14H15ClN2O2.C9H10Cl2O2.C9H12O4.ClH/c1-18-13-40-32-26(48-20(3)44)9-24-30(28(18)32)22(11-38)15-42(24)34(46)36-5-7-37(17-36,8-6-36)35(47)43-16-23(12-39)31-25(43)10-27(49-21(4)45)33-29(31)19(2)14-41-33;1-7-5-17-14-11(19-8(2)18)3-10-13(12(7)14)9(4-15)6-16-10;10-6(12)8-1-2-9(5-8,4-3-8)7(11)13;10-6(11)8-1-2-9(5-8,4-3-8)7(12)13;/h9-10,13-14,22-23,40-41H,5-8,11-12,15-17H2,1-4H3;3,5,9,16-17H,4,6H2,1-2H3;1-5H2;1-5H2,(H,10,11)(H,12,13);1H/t22-,23-,36?,37?;9-;;;/m11.../s1. The lowest BCUT2D eigenvalue weighted by molar-refractivity contribution is -0.148. The van der Waals surface area contributed by atoms with Crippen molar-refractivity contribution < 1.29 is 67.6 Å². The van der Waals surface area contributed by atoms with Gasteiger partial charge in [-0.05, 0) is 174 Å². The van der Waals surface area contributed by atoms with Crippen molar-refractivity contribution in [3.63, 3.8) is 0 Å². The van der Waals surface area contributed by atoms with Crippen LogP contribution in [0, 0.1) is 53.3 Å². The number of hydrogen-bond donors (Lipinski definition) is 6. The Balaban J connectivity index is 0.000000161. The van der Waals surface area contributed by atoms with Crippen LogP contribution in [-0.2, 0) is 43.2 Å². The molecule has 15 rings (SSSR count). The Morgan fingerprint density at radius 3 is 1.08 bits per heavy atom. The lowest BCUT2D eigenvalue weighted by Gasteiger charge is -2.32. The summed E-state index contributed by atoms with van der Waals surface area (Å²) in [6.07, 6.45) is 14.5. The van der Waals surface area contributed by atoms with Gasteiger partial charge < -0.3 is 54.5 Å². The Hall–Kier alpha value is -6.55. The molecule has 3 aromatic carbocycles. The zero-order valence-corrected chi connectivity index (χ0v) is 58.1. The molecule has 3 aliphatic heterocycles. The van der Waals surface area contributed by atoms with Crippen LogP contribution in [0.1, 0.15) is 168 Å². The van der Waals surface area contributed by atoms with E-state index < -0.39 is 56.4 Å².